The summed E-state index contributed by atoms with van der Waals surface area (Å²) in [6.45, 7) is 5.82. The Morgan fingerprint density at radius 2 is 1.88 bits per heavy atom. The van der Waals surface area contributed by atoms with Crippen LogP contribution in [0.4, 0.5) is 5.69 Å². The highest BCUT2D eigenvalue weighted by Crippen LogP contribution is 2.41. The van der Waals surface area contributed by atoms with Crippen molar-refractivity contribution in [1.29, 1.82) is 0 Å². The number of carbonyl (C=O) groups excluding carboxylic acids is 2. The molecule has 0 spiro atoms. The molecule has 170 valence electrons. The van der Waals surface area contributed by atoms with E-state index in [1.165, 1.54) is 24.6 Å². The van der Waals surface area contributed by atoms with E-state index in [9.17, 15) is 19.8 Å². The predicted octanol–water partition coefficient (Wildman–Crippen LogP) is 4.02. The molecule has 0 aliphatic heterocycles. The Kier molecular flexibility index (Phi) is 5.74. The first kappa shape index (κ1) is 21.9. The zero-order valence-corrected chi connectivity index (χ0v) is 18.2. The van der Waals surface area contributed by atoms with E-state index in [1.54, 1.807) is 19.1 Å². The molecule has 0 aliphatic rings. The van der Waals surface area contributed by atoms with Gasteiger partial charge in [0.15, 0.2) is 23.4 Å². The van der Waals surface area contributed by atoms with Crippen LogP contribution in [0.2, 0.25) is 0 Å². The average Bonchev–Trinajstić information content (AvgIpc) is 3.40. The Labute approximate surface area is 188 Å². The lowest BCUT2D eigenvalue weighted by Crippen LogP contribution is -2.25. The first-order chi connectivity index (χ1) is 15.8. The molecule has 0 radical (unpaired) electrons. The summed E-state index contributed by atoms with van der Waals surface area (Å²) in [4.78, 5) is 29.6. The molecule has 2 amide bonds. The smallest absolute Gasteiger partial charge is 0.275 e. The third-order valence-corrected chi connectivity index (χ3v) is 5.09. The fourth-order valence-electron chi connectivity index (χ4n) is 3.41. The molecule has 0 unspecified atom stereocenters. The number of phenols is 2. The number of anilines is 1. The SMILES string of the molecule is CCNC(=O)c1noc(-c2cc(C(C)C)c(O)cc2O)c1NC(=O)c1ccc2ncoc2c1. The molecule has 33 heavy (non-hydrogen) atoms. The van der Waals surface area contributed by atoms with Gasteiger partial charge in [-0.3, -0.25) is 9.59 Å². The normalized spacial score (nSPS) is 11.2. The molecular formula is C23H22N4O6. The minimum atomic E-state index is -0.559. The monoisotopic (exact) mass is 450 g/mol. The van der Waals surface area contributed by atoms with Crippen LogP contribution < -0.4 is 10.6 Å². The summed E-state index contributed by atoms with van der Waals surface area (Å²) in [6, 6.07) is 7.43. The number of aromatic nitrogens is 2. The summed E-state index contributed by atoms with van der Waals surface area (Å²) >= 11 is 0. The van der Waals surface area contributed by atoms with Crippen molar-refractivity contribution in [3.8, 4) is 22.8 Å². The van der Waals surface area contributed by atoms with Gasteiger partial charge in [0.2, 0.25) is 0 Å². The van der Waals surface area contributed by atoms with Crippen molar-refractivity contribution < 1.29 is 28.7 Å². The highest BCUT2D eigenvalue weighted by Gasteiger charge is 2.27. The zero-order chi connectivity index (χ0) is 23.7. The molecule has 4 aromatic rings. The Bertz CT molecular complexity index is 1350. The fraction of sp³-hybridized carbons (Fsp3) is 0.217. The van der Waals surface area contributed by atoms with Crippen LogP contribution in [0.5, 0.6) is 11.5 Å². The number of oxazole rings is 1. The van der Waals surface area contributed by atoms with E-state index in [0.29, 0.717) is 23.2 Å². The number of benzene rings is 2. The maximum absolute atomic E-state index is 13.0. The van der Waals surface area contributed by atoms with Gasteiger partial charge in [-0.15, -0.1) is 0 Å². The number of nitrogens with zero attached hydrogens (tertiary/aromatic N) is 2. The van der Waals surface area contributed by atoms with Crippen molar-refractivity contribution in [2.24, 2.45) is 0 Å². The van der Waals surface area contributed by atoms with E-state index in [-0.39, 0.29) is 45.7 Å². The van der Waals surface area contributed by atoms with Gasteiger partial charge in [-0.25, -0.2) is 4.98 Å². The number of nitrogens with one attached hydrogen (secondary N) is 2. The summed E-state index contributed by atoms with van der Waals surface area (Å²) in [6.07, 6.45) is 1.28. The van der Waals surface area contributed by atoms with Crippen molar-refractivity contribution in [2.75, 3.05) is 11.9 Å². The fourth-order valence-corrected chi connectivity index (χ4v) is 3.41. The van der Waals surface area contributed by atoms with E-state index in [0.717, 1.165) is 0 Å². The van der Waals surface area contributed by atoms with E-state index >= 15 is 0 Å². The summed E-state index contributed by atoms with van der Waals surface area (Å²) in [5, 5.41) is 29.8. The van der Waals surface area contributed by atoms with Crippen molar-refractivity contribution in [3.63, 3.8) is 0 Å². The lowest BCUT2D eigenvalue weighted by atomic mass is 9.97. The van der Waals surface area contributed by atoms with Crippen LogP contribution in [0.3, 0.4) is 0 Å². The van der Waals surface area contributed by atoms with Crippen molar-refractivity contribution >= 4 is 28.6 Å². The second kappa shape index (κ2) is 8.65. The van der Waals surface area contributed by atoms with E-state index in [1.807, 2.05) is 13.8 Å². The molecule has 2 aromatic carbocycles. The number of hydrogen-bond acceptors (Lipinski definition) is 8. The molecular weight excluding hydrogens is 428 g/mol. The molecule has 2 aromatic heterocycles. The number of carbonyl (C=O) groups is 2. The highest BCUT2D eigenvalue weighted by atomic mass is 16.5. The number of fused-ring (bicyclic) bond motifs is 1. The van der Waals surface area contributed by atoms with Crippen LogP contribution in [-0.4, -0.2) is 38.7 Å². The van der Waals surface area contributed by atoms with Gasteiger partial charge in [0.1, 0.15) is 22.7 Å². The molecule has 2 heterocycles. The number of aromatic hydroxyl groups is 2. The predicted molar refractivity (Wildman–Crippen MR) is 119 cm³/mol. The third-order valence-electron chi connectivity index (χ3n) is 5.09. The van der Waals surface area contributed by atoms with Crippen LogP contribution in [-0.2, 0) is 0 Å². The van der Waals surface area contributed by atoms with Crippen LogP contribution >= 0.6 is 0 Å². The van der Waals surface area contributed by atoms with E-state index < -0.39 is 11.8 Å². The van der Waals surface area contributed by atoms with Crippen molar-refractivity contribution in [2.45, 2.75) is 26.7 Å². The lowest BCUT2D eigenvalue weighted by molar-refractivity contribution is 0.0947. The minimum Gasteiger partial charge on any atom is -0.508 e. The van der Waals surface area contributed by atoms with Gasteiger partial charge in [-0.05, 0) is 42.7 Å². The lowest BCUT2D eigenvalue weighted by Gasteiger charge is -2.13. The Morgan fingerprint density at radius 3 is 2.61 bits per heavy atom. The van der Waals surface area contributed by atoms with E-state index in [4.69, 9.17) is 8.94 Å². The van der Waals surface area contributed by atoms with Crippen LogP contribution in [0.1, 0.15) is 53.1 Å². The van der Waals surface area contributed by atoms with Crippen molar-refractivity contribution in [3.05, 3.63) is 53.5 Å². The van der Waals surface area contributed by atoms with Gasteiger partial charge in [-0.2, -0.15) is 0 Å². The number of amides is 2. The minimum absolute atomic E-state index is 0.0145. The molecule has 10 heteroatoms. The van der Waals surface area contributed by atoms with Crippen molar-refractivity contribution in [1.82, 2.24) is 15.5 Å². The summed E-state index contributed by atoms with van der Waals surface area (Å²) in [5.74, 6) is -1.58. The number of rotatable bonds is 6. The van der Waals surface area contributed by atoms with Crippen LogP contribution in [0, 0.1) is 0 Å². The maximum atomic E-state index is 13.0. The molecule has 10 nitrogen and oxygen atoms in total. The van der Waals surface area contributed by atoms with E-state index in [2.05, 4.69) is 20.8 Å². The maximum Gasteiger partial charge on any atom is 0.275 e. The molecule has 0 atom stereocenters. The van der Waals surface area contributed by atoms with Gasteiger partial charge in [-0.1, -0.05) is 19.0 Å². The standard InChI is InChI=1S/C23H22N4O6/c1-4-24-23(31)20-19(26-22(30)12-5-6-15-18(7-12)32-10-25-15)21(33-27-20)14-8-13(11(2)3)16(28)9-17(14)29/h5-11,28-29H,4H2,1-3H3,(H,24,31)(H,26,30). The zero-order valence-electron chi connectivity index (χ0n) is 18.2. The molecule has 0 saturated carbocycles. The summed E-state index contributed by atoms with van der Waals surface area (Å²) in [5.41, 5.74) is 1.82. The second-order valence-electron chi connectivity index (χ2n) is 7.67. The molecule has 0 aliphatic carbocycles. The second-order valence-corrected chi connectivity index (χ2v) is 7.67. The molecule has 4 N–H and O–H groups in total. The first-order valence-electron chi connectivity index (χ1n) is 10.3. The summed E-state index contributed by atoms with van der Waals surface area (Å²) < 4.78 is 10.7. The Morgan fingerprint density at radius 1 is 1.09 bits per heavy atom. The van der Waals surface area contributed by atoms with Gasteiger partial charge in [0, 0.05) is 18.2 Å². The average molecular weight is 450 g/mol. The van der Waals surface area contributed by atoms with Crippen LogP contribution in [0.15, 0.2) is 45.7 Å². The molecule has 0 saturated heterocycles. The highest BCUT2D eigenvalue weighted by molar-refractivity contribution is 6.11. The molecule has 0 bridgehead atoms. The van der Waals surface area contributed by atoms with Gasteiger partial charge in [0.25, 0.3) is 11.8 Å². The summed E-state index contributed by atoms with van der Waals surface area (Å²) in [7, 11) is 0. The number of phenolic OH excluding ortho intramolecular Hbond substituents is 2. The number of hydrogen-bond donors (Lipinski definition) is 4. The van der Waals surface area contributed by atoms with Gasteiger partial charge in [0.05, 0.1) is 5.56 Å². The topological polar surface area (TPSA) is 151 Å². The largest absolute Gasteiger partial charge is 0.508 e. The van der Waals surface area contributed by atoms with Gasteiger partial charge < -0.3 is 29.8 Å². The quantitative estimate of drug-likeness (QED) is 0.344. The first-order valence-corrected chi connectivity index (χ1v) is 10.3. The molecule has 4 rings (SSSR count). The Balaban J connectivity index is 1.80. The van der Waals surface area contributed by atoms with Crippen LogP contribution in [0.25, 0.3) is 22.4 Å². The molecule has 0 fully saturated rings. The third kappa shape index (κ3) is 4.10. The van der Waals surface area contributed by atoms with Gasteiger partial charge >= 0.3 is 0 Å². The Hall–Kier alpha value is -4.34.